The number of pyridine rings is 2. The van der Waals surface area contributed by atoms with Crippen LogP contribution in [0, 0.1) is 5.95 Å². The first kappa shape index (κ1) is 15.4. The quantitative estimate of drug-likeness (QED) is 0.525. The number of hydrogen-bond donors (Lipinski definition) is 0. The van der Waals surface area contributed by atoms with E-state index in [1.165, 1.54) is 6.20 Å². The molecule has 0 amide bonds. The largest absolute Gasteiger partial charge is 0.323 e. The molecule has 0 atom stereocenters. The maximum absolute atomic E-state index is 14.0. The van der Waals surface area contributed by atoms with Crippen molar-refractivity contribution in [2.45, 2.75) is 26.4 Å². The molecule has 4 aromatic heterocycles. The van der Waals surface area contributed by atoms with Crippen molar-refractivity contribution in [2.75, 3.05) is 0 Å². The molecule has 0 spiro atoms. The average Bonchev–Trinajstić information content (AvgIpc) is 3.21. The Hall–Kier alpha value is -3.09. The maximum atomic E-state index is 14.0. The smallest absolute Gasteiger partial charge is 0.223 e. The first-order valence-corrected chi connectivity index (χ1v) is 8.20. The number of halogens is 1. The van der Waals surface area contributed by atoms with Crippen LogP contribution < -0.4 is 0 Å². The minimum atomic E-state index is -0.529. The van der Waals surface area contributed by atoms with E-state index in [1.54, 1.807) is 24.5 Å². The molecule has 4 heterocycles. The monoisotopic (exact) mass is 336 g/mol. The number of fused-ring (bicyclic) bond motifs is 1. The van der Waals surface area contributed by atoms with Gasteiger partial charge in [-0.2, -0.15) is 4.39 Å². The first-order valence-electron chi connectivity index (χ1n) is 8.20. The van der Waals surface area contributed by atoms with E-state index in [-0.39, 0.29) is 0 Å². The summed E-state index contributed by atoms with van der Waals surface area (Å²) in [4.78, 5) is 17.2. The van der Waals surface area contributed by atoms with Crippen LogP contribution in [0.25, 0.3) is 22.6 Å². The number of aryl methyl sites for hydroxylation is 1. The Morgan fingerprint density at radius 1 is 1.04 bits per heavy atom. The molecule has 0 fully saturated rings. The number of aromatic nitrogens is 6. The molecule has 6 nitrogen and oxygen atoms in total. The molecule has 0 aliphatic rings. The molecular weight excluding hydrogens is 319 g/mol. The van der Waals surface area contributed by atoms with E-state index in [0.29, 0.717) is 17.9 Å². The van der Waals surface area contributed by atoms with Crippen LogP contribution in [-0.2, 0) is 13.1 Å². The average molecular weight is 336 g/mol. The maximum Gasteiger partial charge on any atom is 0.223 e. The highest BCUT2D eigenvalue weighted by Gasteiger charge is 2.16. The van der Waals surface area contributed by atoms with Crippen LogP contribution in [0.3, 0.4) is 0 Å². The summed E-state index contributed by atoms with van der Waals surface area (Å²) in [6.45, 7) is 3.43. The molecule has 0 aromatic carbocycles. The summed E-state index contributed by atoms with van der Waals surface area (Å²) in [7, 11) is 0. The Kier molecular flexibility index (Phi) is 3.97. The number of imidazole rings is 2. The van der Waals surface area contributed by atoms with Crippen molar-refractivity contribution in [3.8, 4) is 11.4 Å². The van der Waals surface area contributed by atoms with E-state index in [1.807, 2.05) is 22.9 Å². The van der Waals surface area contributed by atoms with Gasteiger partial charge in [-0.25, -0.2) is 19.9 Å². The highest BCUT2D eigenvalue weighted by atomic mass is 19.1. The number of nitrogens with zero attached hydrogens (tertiary/aromatic N) is 6. The van der Waals surface area contributed by atoms with Crippen LogP contribution in [0.1, 0.15) is 19.2 Å². The van der Waals surface area contributed by atoms with Crippen molar-refractivity contribution in [1.29, 1.82) is 0 Å². The zero-order chi connectivity index (χ0) is 17.2. The van der Waals surface area contributed by atoms with Gasteiger partial charge < -0.3 is 9.13 Å². The van der Waals surface area contributed by atoms with Crippen LogP contribution >= 0.6 is 0 Å². The second kappa shape index (κ2) is 6.43. The summed E-state index contributed by atoms with van der Waals surface area (Å²) in [5.41, 5.74) is 2.11. The van der Waals surface area contributed by atoms with Gasteiger partial charge in [0, 0.05) is 31.3 Å². The molecule has 0 N–H and O–H groups in total. The molecule has 0 bridgehead atoms. The van der Waals surface area contributed by atoms with Crippen LogP contribution in [-0.4, -0.2) is 29.1 Å². The van der Waals surface area contributed by atoms with E-state index in [0.717, 1.165) is 30.0 Å². The molecular formula is C18H17FN6. The van der Waals surface area contributed by atoms with Crippen molar-refractivity contribution in [2.24, 2.45) is 0 Å². The molecule has 0 saturated carbocycles. The molecule has 0 aliphatic heterocycles. The van der Waals surface area contributed by atoms with Gasteiger partial charge in [0.05, 0.1) is 12.1 Å². The van der Waals surface area contributed by atoms with Gasteiger partial charge in [-0.1, -0.05) is 6.92 Å². The van der Waals surface area contributed by atoms with Crippen molar-refractivity contribution in [3.05, 3.63) is 60.8 Å². The number of rotatable bonds is 5. The van der Waals surface area contributed by atoms with Gasteiger partial charge in [-0.3, -0.25) is 0 Å². The van der Waals surface area contributed by atoms with E-state index < -0.39 is 5.95 Å². The third-order valence-electron chi connectivity index (χ3n) is 4.06. The standard InChI is InChI=1S/C18H17FN6/c1-2-10-25-15(23-14-6-4-8-21-18(14)25)12-24-11-9-22-17(24)13-5-3-7-20-16(13)19/h3-9,11H,2,10,12H2,1H3. The predicted molar refractivity (Wildman–Crippen MR) is 92.3 cm³/mol. The summed E-state index contributed by atoms with van der Waals surface area (Å²) in [5, 5.41) is 0. The number of hydrogen-bond acceptors (Lipinski definition) is 4. The van der Waals surface area contributed by atoms with E-state index in [2.05, 4.69) is 26.4 Å². The van der Waals surface area contributed by atoms with Crippen molar-refractivity contribution < 1.29 is 4.39 Å². The summed E-state index contributed by atoms with van der Waals surface area (Å²) in [6, 6.07) is 7.21. The molecule has 126 valence electrons. The minimum absolute atomic E-state index is 0.378. The van der Waals surface area contributed by atoms with E-state index >= 15 is 0 Å². The van der Waals surface area contributed by atoms with E-state index in [4.69, 9.17) is 4.98 Å². The van der Waals surface area contributed by atoms with E-state index in [9.17, 15) is 4.39 Å². The minimum Gasteiger partial charge on any atom is -0.323 e. The van der Waals surface area contributed by atoms with Crippen LogP contribution in [0.4, 0.5) is 4.39 Å². The van der Waals surface area contributed by atoms with Crippen molar-refractivity contribution in [3.63, 3.8) is 0 Å². The molecule has 0 saturated heterocycles. The fraction of sp³-hybridized carbons (Fsp3) is 0.222. The lowest BCUT2D eigenvalue weighted by Gasteiger charge is -2.10. The van der Waals surface area contributed by atoms with Gasteiger partial charge in [-0.05, 0) is 30.7 Å². The normalized spacial score (nSPS) is 11.3. The van der Waals surface area contributed by atoms with Gasteiger partial charge in [-0.15, -0.1) is 0 Å². The predicted octanol–water partition coefficient (Wildman–Crippen LogP) is 3.29. The third kappa shape index (κ3) is 2.77. The highest BCUT2D eigenvalue weighted by molar-refractivity contribution is 5.71. The van der Waals surface area contributed by atoms with Crippen LogP contribution in [0.5, 0.6) is 0 Å². The Morgan fingerprint density at radius 3 is 2.72 bits per heavy atom. The summed E-state index contributed by atoms with van der Waals surface area (Å²) >= 11 is 0. The van der Waals surface area contributed by atoms with Gasteiger partial charge >= 0.3 is 0 Å². The Labute approximate surface area is 144 Å². The van der Waals surface area contributed by atoms with Gasteiger partial charge in [0.25, 0.3) is 0 Å². The first-order chi connectivity index (χ1) is 12.3. The fourth-order valence-electron chi connectivity index (χ4n) is 2.97. The summed E-state index contributed by atoms with van der Waals surface area (Å²) in [5.74, 6) is 0.881. The molecule has 7 heteroatoms. The zero-order valence-electron chi connectivity index (χ0n) is 13.8. The van der Waals surface area contributed by atoms with Gasteiger partial charge in [0.15, 0.2) is 5.65 Å². The summed E-state index contributed by atoms with van der Waals surface area (Å²) < 4.78 is 18.0. The lowest BCUT2D eigenvalue weighted by molar-refractivity contribution is 0.582. The van der Waals surface area contributed by atoms with Gasteiger partial charge in [0.2, 0.25) is 5.95 Å². The SMILES string of the molecule is CCCn1c(Cn2ccnc2-c2cccnc2F)nc2cccnc21. The Bertz CT molecular complexity index is 1020. The van der Waals surface area contributed by atoms with Crippen molar-refractivity contribution >= 4 is 11.2 Å². The zero-order valence-corrected chi connectivity index (χ0v) is 13.8. The molecule has 0 radical (unpaired) electrons. The van der Waals surface area contributed by atoms with Crippen LogP contribution in [0.15, 0.2) is 49.1 Å². The van der Waals surface area contributed by atoms with Crippen LogP contribution in [0.2, 0.25) is 0 Å². The second-order valence-electron chi connectivity index (χ2n) is 5.75. The molecule has 0 aliphatic carbocycles. The molecule has 4 aromatic rings. The molecule has 4 rings (SSSR count). The Balaban J connectivity index is 1.77. The second-order valence-corrected chi connectivity index (χ2v) is 5.75. The highest BCUT2D eigenvalue weighted by Crippen LogP contribution is 2.21. The molecule has 0 unspecified atom stereocenters. The third-order valence-corrected chi connectivity index (χ3v) is 4.06. The Morgan fingerprint density at radius 2 is 1.88 bits per heavy atom. The topological polar surface area (TPSA) is 61.4 Å². The fourth-order valence-corrected chi connectivity index (χ4v) is 2.97. The molecule has 25 heavy (non-hydrogen) atoms. The summed E-state index contributed by atoms with van der Waals surface area (Å²) in [6.07, 6.45) is 7.66. The lowest BCUT2D eigenvalue weighted by Crippen LogP contribution is -2.10. The lowest BCUT2D eigenvalue weighted by atomic mass is 10.2. The van der Waals surface area contributed by atoms with Crippen molar-refractivity contribution in [1.82, 2.24) is 29.1 Å². The van der Waals surface area contributed by atoms with Gasteiger partial charge in [0.1, 0.15) is 17.2 Å².